The lowest BCUT2D eigenvalue weighted by Crippen LogP contribution is -2.27. The average Bonchev–Trinajstić information content (AvgIpc) is 2.62. The molecule has 0 aromatic heterocycles. The van der Waals surface area contributed by atoms with Crippen molar-refractivity contribution in [1.82, 2.24) is 0 Å². The molecule has 110 valence electrons. The molecule has 2 heteroatoms. The monoisotopic (exact) mass is 368 g/mol. The van der Waals surface area contributed by atoms with Crippen LogP contribution in [0.4, 0.5) is 0 Å². The molecule has 0 N–H and O–H groups in total. The van der Waals surface area contributed by atoms with Crippen molar-refractivity contribution in [2.75, 3.05) is 5.33 Å². The normalized spacial score (nSPS) is 11.1. The molecule has 0 saturated heterocycles. The molecule has 0 radical (unpaired) electrons. The summed E-state index contributed by atoms with van der Waals surface area (Å²) in [5.74, 6) is 2.45. The minimum absolute atomic E-state index is 0.874. The van der Waals surface area contributed by atoms with Crippen LogP contribution < -0.4 is 15.9 Å². The Balaban J connectivity index is 2.38. The first-order valence-corrected chi connectivity index (χ1v) is 10.3. The zero-order valence-corrected chi connectivity index (χ0v) is 14.8. The van der Waals surface area contributed by atoms with Crippen molar-refractivity contribution in [2.45, 2.75) is 0 Å². The number of benzene rings is 3. The van der Waals surface area contributed by atoms with Crippen LogP contribution in [0.2, 0.25) is 0 Å². The van der Waals surface area contributed by atoms with Crippen LogP contribution >= 0.6 is 22.8 Å². The summed E-state index contributed by atoms with van der Waals surface area (Å²) in [6, 6.07) is 32.6. The minimum atomic E-state index is -1.73. The topological polar surface area (TPSA) is 0 Å². The van der Waals surface area contributed by atoms with Crippen molar-refractivity contribution in [1.29, 1.82) is 0 Å². The second-order valence-corrected chi connectivity index (χ2v) is 9.07. The summed E-state index contributed by atoms with van der Waals surface area (Å²) in [5, 5.41) is 5.06. The molecule has 22 heavy (non-hydrogen) atoms. The van der Waals surface area contributed by atoms with Crippen molar-refractivity contribution in [2.24, 2.45) is 0 Å². The van der Waals surface area contributed by atoms with Gasteiger partial charge in [-0.2, -0.15) is 0 Å². The Labute approximate surface area is 140 Å². The standard InChI is InChI=1S/C20H18BrP/c21-16-17-22(18-10-4-1-5-11-18,19-12-6-2-7-13-19)20-14-8-3-9-15-20/h1-15,17H,16H2. The van der Waals surface area contributed by atoms with E-state index in [0.29, 0.717) is 0 Å². The van der Waals surface area contributed by atoms with Gasteiger partial charge in [-0.25, -0.2) is 0 Å². The summed E-state index contributed by atoms with van der Waals surface area (Å²) in [4.78, 5) is 0. The Kier molecular flexibility index (Phi) is 4.97. The second-order valence-electron chi connectivity index (χ2n) is 5.07. The third kappa shape index (κ3) is 2.84. The third-order valence-corrected chi connectivity index (χ3v) is 8.73. The van der Waals surface area contributed by atoms with Gasteiger partial charge in [-0.05, 0) is 22.8 Å². The molecule has 0 fully saturated rings. The molecule has 0 aliphatic heterocycles. The largest absolute Gasteiger partial charge is 0.0882 e. The van der Waals surface area contributed by atoms with E-state index in [2.05, 4.69) is 113 Å². The lowest BCUT2D eigenvalue weighted by Gasteiger charge is -2.28. The molecular weight excluding hydrogens is 351 g/mol. The molecule has 0 unspecified atom stereocenters. The van der Waals surface area contributed by atoms with Gasteiger partial charge < -0.3 is 0 Å². The van der Waals surface area contributed by atoms with E-state index in [1.54, 1.807) is 0 Å². The Morgan fingerprint density at radius 3 is 1.18 bits per heavy atom. The first kappa shape index (κ1) is 15.3. The van der Waals surface area contributed by atoms with Gasteiger partial charge in [0, 0.05) is 5.33 Å². The van der Waals surface area contributed by atoms with Gasteiger partial charge in [0.2, 0.25) is 0 Å². The fourth-order valence-electron chi connectivity index (χ4n) is 2.86. The molecule has 3 aromatic carbocycles. The maximum absolute atomic E-state index is 3.65. The Hall–Kier alpha value is -1.56. The van der Waals surface area contributed by atoms with Gasteiger partial charge in [0.15, 0.2) is 0 Å². The number of hydrogen-bond donors (Lipinski definition) is 0. The van der Waals surface area contributed by atoms with E-state index >= 15 is 0 Å². The molecule has 0 aliphatic carbocycles. The van der Waals surface area contributed by atoms with Gasteiger partial charge >= 0.3 is 0 Å². The van der Waals surface area contributed by atoms with E-state index in [-0.39, 0.29) is 0 Å². The Morgan fingerprint density at radius 1 is 0.591 bits per heavy atom. The van der Waals surface area contributed by atoms with Crippen molar-refractivity contribution >= 4 is 44.5 Å². The summed E-state index contributed by atoms with van der Waals surface area (Å²) in [7, 11) is 0. The predicted octanol–water partition coefficient (Wildman–Crippen LogP) is 4.18. The molecule has 0 aliphatic rings. The summed E-state index contributed by atoms with van der Waals surface area (Å²) in [6.45, 7) is -1.73. The molecule has 0 bridgehead atoms. The lowest BCUT2D eigenvalue weighted by atomic mass is 10.4. The molecule has 3 rings (SSSR count). The number of rotatable bonds is 4. The summed E-state index contributed by atoms with van der Waals surface area (Å²) in [5.41, 5.74) is 0. The van der Waals surface area contributed by atoms with Crippen molar-refractivity contribution in [3.63, 3.8) is 0 Å². The fourth-order valence-corrected chi connectivity index (χ4v) is 7.82. The highest BCUT2D eigenvalue weighted by Crippen LogP contribution is 2.43. The van der Waals surface area contributed by atoms with Crippen molar-refractivity contribution in [3.8, 4) is 0 Å². The molecule has 0 saturated carbocycles. The first-order chi connectivity index (χ1) is 10.9. The van der Waals surface area contributed by atoms with Crippen LogP contribution in [0.25, 0.3) is 0 Å². The SMILES string of the molecule is BrCC=P(c1ccccc1)(c1ccccc1)c1ccccc1. The van der Waals surface area contributed by atoms with Crippen LogP contribution in [-0.2, 0) is 0 Å². The van der Waals surface area contributed by atoms with E-state index in [4.69, 9.17) is 0 Å². The maximum atomic E-state index is 3.65. The van der Waals surface area contributed by atoms with Crippen molar-refractivity contribution in [3.05, 3.63) is 91.0 Å². The molecule has 0 heterocycles. The smallest absolute Gasteiger partial charge is 0.0225 e. The van der Waals surface area contributed by atoms with Crippen LogP contribution in [-0.4, -0.2) is 11.1 Å². The summed E-state index contributed by atoms with van der Waals surface area (Å²) >= 11 is 3.65. The molecule has 0 amide bonds. The zero-order chi connectivity index (χ0) is 15.3. The number of halogens is 1. The van der Waals surface area contributed by atoms with Crippen LogP contribution in [0.5, 0.6) is 0 Å². The van der Waals surface area contributed by atoms with E-state index < -0.39 is 6.89 Å². The van der Waals surface area contributed by atoms with Crippen molar-refractivity contribution < 1.29 is 0 Å². The highest BCUT2D eigenvalue weighted by molar-refractivity contribution is 9.09. The van der Waals surface area contributed by atoms with Gasteiger partial charge in [-0.1, -0.05) is 113 Å². The first-order valence-electron chi connectivity index (χ1n) is 7.34. The van der Waals surface area contributed by atoms with Crippen LogP contribution in [0, 0.1) is 0 Å². The fraction of sp³-hybridized carbons (Fsp3) is 0.0500. The van der Waals surface area contributed by atoms with Gasteiger partial charge in [0.1, 0.15) is 0 Å². The molecule has 0 spiro atoms. The van der Waals surface area contributed by atoms with Crippen LogP contribution in [0.3, 0.4) is 0 Å². The number of hydrogen-bond acceptors (Lipinski definition) is 0. The van der Waals surface area contributed by atoms with E-state index in [9.17, 15) is 0 Å². The molecular formula is C20H18BrP. The average molecular weight is 369 g/mol. The maximum Gasteiger partial charge on any atom is 0.0225 e. The summed E-state index contributed by atoms with van der Waals surface area (Å²) < 4.78 is 0. The molecule has 3 aromatic rings. The van der Waals surface area contributed by atoms with Gasteiger partial charge in [-0.3, -0.25) is 0 Å². The van der Waals surface area contributed by atoms with Crippen LogP contribution in [0.1, 0.15) is 0 Å². The summed E-state index contributed by atoms with van der Waals surface area (Å²) in [6.07, 6.45) is 0. The van der Waals surface area contributed by atoms with E-state index in [1.165, 1.54) is 15.9 Å². The van der Waals surface area contributed by atoms with E-state index in [1.807, 2.05) is 0 Å². The quantitative estimate of drug-likeness (QED) is 0.478. The second kappa shape index (κ2) is 7.13. The highest BCUT2D eigenvalue weighted by atomic mass is 79.9. The third-order valence-electron chi connectivity index (χ3n) is 3.83. The lowest BCUT2D eigenvalue weighted by molar-refractivity contribution is 1.73. The van der Waals surface area contributed by atoms with Crippen LogP contribution in [0.15, 0.2) is 91.0 Å². The Bertz CT molecular complexity index is 661. The van der Waals surface area contributed by atoms with Gasteiger partial charge in [0.25, 0.3) is 0 Å². The minimum Gasteiger partial charge on any atom is -0.0882 e. The molecule has 0 atom stereocenters. The predicted molar refractivity (Wildman–Crippen MR) is 105 cm³/mol. The Morgan fingerprint density at radius 2 is 0.909 bits per heavy atom. The van der Waals surface area contributed by atoms with E-state index in [0.717, 1.165) is 5.33 Å². The zero-order valence-electron chi connectivity index (χ0n) is 12.3. The van der Waals surface area contributed by atoms with Gasteiger partial charge in [-0.15, -0.1) is 0 Å². The number of alkyl halides is 1. The molecule has 0 nitrogen and oxygen atoms in total. The van der Waals surface area contributed by atoms with Gasteiger partial charge in [0.05, 0.1) is 0 Å². The highest BCUT2D eigenvalue weighted by Gasteiger charge is 2.23.